The molecular formula is C18H15Cl2N3O2S. The van der Waals surface area contributed by atoms with Crippen LogP contribution in [0, 0.1) is 0 Å². The van der Waals surface area contributed by atoms with Gasteiger partial charge in [-0.1, -0.05) is 29.3 Å². The first kappa shape index (κ1) is 18.6. The van der Waals surface area contributed by atoms with E-state index in [2.05, 4.69) is 10.4 Å². The second kappa shape index (κ2) is 8.03. The SMILES string of the molecule is CC(CNC(=O)c1ccc(Cl)cc1Cl)n1nc(-c2cccs2)ccc1=O. The van der Waals surface area contributed by atoms with Crippen LogP contribution in [0.2, 0.25) is 10.0 Å². The number of amides is 1. The van der Waals surface area contributed by atoms with Gasteiger partial charge in [0.2, 0.25) is 0 Å². The van der Waals surface area contributed by atoms with Crippen LogP contribution < -0.4 is 10.9 Å². The number of thiophene rings is 1. The predicted octanol–water partition coefficient (Wildman–Crippen LogP) is 4.27. The van der Waals surface area contributed by atoms with Gasteiger partial charge in [-0.25, -0.2) is 4.68 Å². The summed E-state index contributed by atoms with van der Waals surface area (Å²) in [5.41, 5.74) is 0.825. The number of hydrogen-bond donors (Lipinski definition) is 1. The standard InChI is InChI=1S/C18H15Cl2N3O2S/c1-11(10-21-18(25)13-5-4-12(19)9-14(13)20)23-17(24)7-6-15(22-23)16-3-2-8-26-16/h2-9,11H,10H2,1H3,(H,21,25). The first-order chi connectivity index (χ1) is 12.5. The molecular weight excluding hydrogens is 393 g/mol. The van der Waals surface area contributed by atoms with Gasteiger partial charge in [-0.15, -0.1) is 11.3 Å². The third-order valence-electron chi connectivity index (χ3n) is 3.75. The molecule has 0 aliphatic heterocycles. The van der Waals surface area contributed by atoms with Gasteiger partial charge in [-0.3, -0.25) is 9.59 Å². The van der Waals surface area contributed by atoms with E-state index in [1.165, 1.54) is 16.8 Å². The molecule has 26 heavy (non-hydrogen) atoms. The minimum Gasteiger partial charge on any atom is -0.350 e. The minimum absolute atomic E-state index is 0.225. The Morgan fingerprint density at radius 2 is 2.08 bits per heavy atom. The molecule has 3 rings (SSSR count). The van der Waals surface area contributed by atoms with Gasteiger partial charge in [0.1, 0.15) is 5.69 Å². The van der Waals surface area contributed by atoms with Crippen LogP contribution in [0.25, 0.3) is 10.6 Å². The molecule has 1 unspecified atom stereocenters. The van der Waals surface area contributed by atoms with E-state index in [4.69, 9.17) is 23.2 Å². The zero-order valence-corrected chi connectivity index (χ0v) is 16.1. The summed E-state index contributed by atoms with van der Waals surface area (Å²) < 4.78 is 1.37. The average molecular weight is 408 g/mol. The third kappa shape index (κ3) is 4.15. The van der Waals surface area contributed by atoms with Gasteiger partial charge >= 0.3 is 0 Å². The highest BCUT2D eigenvalue weighted by atomic mass is 35.5. The van der Waals surface area contributed by atoms with Gasteiger partial charge in [-0.05, 0) is 42.6 Å². The Hall–Kier alpha value is -2.15. The Labute approximate surface area is 164 Å². The molecule has 0 spiro atoms. The van der Waals surface area contributed by atoms with Crippen molar-refractivity contribution < 1.29 is 4.79 Å². The Kier molecular flexibility index (Phi) is 5.76. The van der Waals surface area contributed by atoms with E-state index in [1.807, 2.05) is 24.4 Å². The molecule has 134 valence electrons. The highest BCUT2D eigenvalue weighted by molar-refractivity contribution is 7.13. The zero-order chi connectivity index (χ0) is 18.7. The summed E-state index contributed by atoms with van der Waals surface area (Å²) in [6, 6.07) is 11.4. The number of halogens is 2. The quantitative estimate of drug-likeness (QED) is 0.686. The van der Waals surface area contributed by atoms with Crippen LogP contribution in [0.4, 0.5) is 0 Å². The molecule has 1 aromatic carbocycles. The number of carbonyl (C=O) groups is 1. The lowest BCUT2D eigenvalue weighted by Gasteiger charge is -2.15. The highest BCUT2D eigenvalue weighted by Crippen LogP contribution is 2.22. The number of aromatic nitrogens is 2. The van der Waals surface area contributed by atoms with E-state index in [-0.39, 0.29) is 29.1 Å². The number of hydrogen-bond acceptors (Lipinski definition) is 4. The van der Waals surface area contributed by atoms with E-state index in [0.717, 1.165) is 10.6 Å². The lowest BCUT2D eigenvalue weighted by molar-refractivity contribution is 0.0948. The summed E-state index contributed by atoms with van der Waals surface area (Å²) in [5, 5.41) is 9.87. The summed E-state index contributed by atoms with van der Waals surface area (Å²) in [4.78, 5) is 25.4. The number of nitrogens with one attached hydrogen (secondary N) is 1. The van der Waals surface area contributed by atoms with Crippen molar-refractivity contribution in [3.63, 3.8) is 0 Å². The van der Waals surface area contributed by atoms with Crippen LogP contribution in [-0.4, -0.2) is 22.2 Å². The predicted molar refractivity (Wildman–Crippen MR) is 105 cm³/mol. The van der Waals surface area contributed by atoms with E-state index in [0.29, 0.717) is 10.6 Å². The molecule has 5 nitrogen and oxygen atoms in total. The molecule has 2 heterocycles. The topological polar surface area (TPSA) is 64.0 Å². The van der Waals surface area contributed by atoms with Crippen molar-refractivity contribution in [3.8, 4) is 10.6 Å². The van der Waals surface area contributed by atoms with E-state index >= 15 is 0 Å². The molecule has 3 aromatic rings. The molecule has 1 N–H and O–H groups in total. The lowest BCUT2D eigenvalue weighted by Crippen LogP contribution is -2.35. The summed E-state index contributed by atoms with van der Waals surface area (Å²) in [6.45, 7) is 2.05. The van der Waals surface area contributed by atoms with Gasteiger partial charge in [0.05, 0.1) is 21.5 Å². The number of nitrogens with zero attached hydrogens (tertiary/aromatic N) is 2. The Morgan fingerprint density at radius 1 is 1.27 bits per heavy atom. The van der Waals surface area contributed by atoms with Crippen LogP contribution >= 0.6 is 34.5 Å². The van der Waals surface area contributed by atoms with Gasteiger partial charge in [0.25, 0.3) is 11.5 Å². The first-order valence-corrected chi connectivity index (χ1v) is 9.46. The van der Waals surface area contributed by atoms with Gasteiger partial charge in [0.15, 0.2) is 0 Å². The monoisotopic (exact) mass is 407 g/mol. The van der Waals surface area contributed by atoms with Crippen molar-refractivity contribution in [2.45, 2.75) is 13.0 Å². The Balaban J connectivity index is 1.74. The molecule has 0 aliphatic rings. The van der Waals surface area contributed by atoms with Gasteiger partial charge in [0, 0.05) is 17.6 Å². The second-order valence-corrected chi connectivity index (χ2v) is 7.45. The van der Waals surface area contributed by atoms with E-state index in [9.17, 15) is 9.59 Å². The maximum absolute atomic E-state index is 12.3. The van der Waals surface area contributed by atoms with Crippen molar-refractivity contribution in [2.75, 3.05) is 6.54 Å². The molecule has 0 aliphatic carbocycles. The van der Waals surface area contributed by atoms with E-state index < -0.39 is 0 Å². The first-order valence-electron chi connectivity index (χ1n) is 7.82. The molecule has 8 heteroatoms. The van der Waals surface area contributed by atoms with Crippen molar-refractivity contribution in [1.29, 1.82) is 0 Å². The van der Waals surface area contributed by atoms with Crippen LogP contribution in [0.5, 0.6) is 0 Å². The van der Waals surface area contributed by atoms with Gasteiger partial charge < -0.3 is 5.32 Å². The number of rotatable bonds is 5. The molecule has 0 radical (unpaired) electrons. The summed E-state index contributed by atoms with van der Waals surface area (Å²) >= 11 is 13.4. The zero-order valence-electron chi connectivity index (χ0n) is 13.8. The largest absolute Gasteiger partial charge is 0.350 e. The van der Waals surface area contributed by atoms with Gasteiger partial charge in [-0.2, -0.15) is 5.10 Å². The molecule has 0 fully saturated rings. The summed E-state index contributed by atoms with van der Waals surface area (Å²) in [6.07, 6.45) is 0. The van der Waals surface area contributed by atoms with Crippen molar-refractivity contribution >= 4 is 40.4 Å². The maximum Gasteiger partial charge on any atom is 0.267 e. The maximum atomic E-state index is 12.3. The molecule has 0 saturated carbocycles. The summed E-state index contributed by atoms with van der Waals surface area (Å²) in [7, 11) is 0. The smallest absolute Gasteiger partial charge is 0.267 e. The lowest BCUT2D eigenvalue weighted by atomic mass is 10.2. The van der Waals surface area contributed by atoms with Crippen molar-refractivity contribution in [2.24, 2.45) is 0 Å². The van der Waals surface area contributed by atoms with Crippen LogP contribution in [0.15, 0.2) is 52.6 Å². The molecule has 2 aromatic heterocycles. The minimum atomic E-state index is -0.332. The van der Waals surface area contributed by atoms with Crippen molar-refractivity contribution in [1.82, 2.24) is 15.1 Å². The molecule has 0 saturated heterocycles. The van der Waals surface area contributed by atoms with Crippen molar-refractivity contribution in [3.05, 3.63) is 73.8 Å². The number of benzene rings is 1. The fourth-order valence-corrected chi connectivity index (χ4v) is 3.58. The van der Waals surface area contributed by atoms with Crippen LogP contribution in [0.3, 0.4) is 0 Å². The normalized spacial score (nSPS) is 12.0. The average Bonchev–Trinajstić information content (AvgIpc) is 3.14. The molecule has 1 amide bonds. The number of carbonyl (C=O) groups excluding carboxylic acids is 1. The second-order valence-electron chi connectivity index (χ2n) is 5.66. The third-order valence-corrected chi connectivity index (χ3v) is 5.19. The van der Waals surface area contributed by atoms with Crippen LogP contribution in [-0.2, 0) is 0 Å². The molecule has 1 atom stereocenters. The highest BCUT2D eigenvalue weighted by Gasteiger charge is 2.14. The van der Waals surface area contributed by atoms with E-state index in [1.54, 1.807) is 29.5 Å². The summed E-state index contributed by atoms with van der Waals surface area (Å²) in [5.74, 6) is -0.332. The molecule has 0 bridgehead atoms. The van der Waals surface area contributed by atoms with Crippen LogP contribution in [0.1, 0.15) is 23.3 Å². The Bertz CT molecular complexity index is 986. The fourth-order valence-electron chi connectivity index (χ4n) is 2.39. The fraction of sp³-hybridized carbons (Fsp3) is 0.167. The Morgan fingerprint density at radius 3 is 2.77 bits per heavy atom.